The average molecular weight is 378 g/mol. The third kappa shape index (κ3) is 5.77. The Hall–Kier alpha value is -0.970. The van der Waals surface area contributed by atoms with Gasteiger partial charge in [0.25, 0.3) is 0 Å². The van der Waals surface area contributed by atoms with Crippen LogP contribution in [-0.4, -0.2) is 13.2 Å². The quantitative estimate of drug-likeness (QED) is 0.471. The molecule has 1 aromatic carbocycles. The molecule has 1 unspecified atom stereocenters. The molecule has 0 saturated heterocycles. The Morgan fingerprint density at radius 2 is 1.92 bits per heavy atom. The number of thioether (sulfide) groups is 1. The Labute approximate surface area is 161 Å². The smallest absolute Gasteiger partial charge is 0.123 e. The summed E-state index contributed by atoms with van der Waals surface area (Å²) in [6, 6.07) is 13.0. The van der Waals surface area contributed by atoms with Crippen LogP contribution >= 0.6 is 23.1 Å². The van der Waals surface area contributed by atoms with Crippen LogP contribution in [0.15, 0.2) is 40.6 Å². The van der Waals surface area contributed by atoms with Gasteiger partial charge in [-0.15, -0.1) is 23.1 Å². The molecule has 0 saturated carbocycles. The summed E-state index contributed by atoms with van der Waals surface area (Å²) in [4.78, 5) is 1.48. The van der Waals surface area contributed by atoms with E-state index >= 15 is 0 Å². The molecule has 0 radical (unpaired) electrons. The van der Waals surface area contributed by atoms with Gasteiger partial charge < -0.3 is 10.5 Å². The molecular formula is C21H31NOS2. The lowest BCUT2D eigenvalue weighted by Crippen LogP contribution is -2.22. The number of hydrogen-bond acceptors (Lipinski definition) is 4. The van der Waals surface area contributed by atoms with Crippen LogP contribution in [0.5, 0.6) is 5.75 Å². The number of ether oxygens (including phenoxy) is 1. The van der Waals surface area contributed by atoms with Crippen molar-refractivity contribution in [1.29, 1.82) is 0 Å². The van der Waals surface area contributed by atoms with E-state index in [0.29, 0.717) is 6.54 Å². The fraction of sp³-hybridized carbons (Fsp3) is 0.524. The zero-order valence-electron chi connectivity index (χ0n) is 15.7. The van der Waals surface area contributed by atoms with Gasteiger partial charge in [-0.1, -0.05) is 38.5 Å². The predicted molar refractivity (Wildman–Crippen MR) is 112 cm³/mol. The highest BCUT2D eigenvalue weighted by molar-refractivity contribution is 8.02. The van der Waals surface area contributed by atoms with Crippen LogP contribution < -0.4 is 10.5 Å². The first-order chi connectivity index (χ1) is 12.1. The molecule has 0 amide bonds. The molecule has 0 aliphatic rings. The summed E-state index contributed by atoms with van der Waals surface area (Å²) in [7, 11) is 0. The van der Waals surface area contributed by atoms with Crippen LogP contribution in [-0.2, 0) is 11.2 Å². The number of nitrogens with two attached hydrogens (primary N) is 1. The molecule has 0 fully saturated rings. The molecule has 2 N–H and O–H groups in total. The van der Waals surface area contributed by atoms with Crippen molar-refractivity contribution in [2.75, 3.05) is 13.2 Å². The average Bonchev–Trinajstić information content (AvgIpc) is 3.05. The molecule has 1 atom stereocenters. The Kier molecular flexibility index (Phi) is 8.34. The second-order valence-electron chi connectivity index (χ2n) is 6.54. The van der Waals surface area contributed by atoms with Crippen molar-refractivity contribution in [2.24, 2.45) is 5.73 Å². The lowest BCUT2D eigenvalue weighted by atomic mass is 9.95. The first kappa shape index (κ1) is 20.3. The van der Waals surface area contributed by atoms with Crippen molar-refractivity contribution < 1.29 is 4.74 Å². The zero-order chi connectivity index (χ0) is 18.1. The maximum absolute atomic E-state index is 6.02. The summed E-state index contributed by atoms with van der Waals surface area (Å²) < 4.78 is 7.31. The molecule has 0 spiro atoms. The van der Waals surface area contributed by atoms with Gasteiger partial charge in [0.05, 0.1) is 10.8 Å². The number of aryl methyl sites for hydroxylation is 1. The van der Waals surface area contributed by atoms with Crippen LogP contribution in [0.3, 0.4) is 0 Å². The third-order valence-electron chi connectivity index (χ3n) is 4.28. The van der Waals surface area contributed by atoms with E-state index in [-0.39, 0.29) is 4.75 Å². The first-order valence-electron chi connectivity index (χ1n) is 9.33. The van der Waals surface area contributed by atoms with Crippen molar-refractivity contribution in [2.45, 2.75) is 61.8 Å². The zero-order valence-corrected chi connectivity index (χ0v) is 17.3. The molecule has 2 rings (SSSR count). The van der Waals surface area contributed by atoms with Gasteiger partial charge in [-0.2, -0.15) is 0 Å². The number of unbranched alkanes of at least 4 members (excludes halogenated alkanes) is 1. The summed E-state index contributed by atoms with van der Waals surface area (Å²) in [5.41, 5.74) is 7.23. The van der Waals surface area contributed by atoms with Crippen molar-refractivity contribution >= 4 is 23.1 Å². The largest absolute Gasteiger partial charge is 0.493 e. The Morgan fingerprint density at radius 3 is 2.64 bits per heavy atom. The van der Waals surface area contributed by atoms with Crippen molar-refractivity contribution in [3.05, 3.63) is 46.8 Å². The molecule has 0 bridgehead atoms. The van der Waals surface area contributed by atoms with Gasteiger partial charge in [0.1, 0.15) is 5.75 Å². The fourth-order valence-electron chi connectivity index (χ4n) is 2.88. The van der Waals surface area contributed by atoms with Gasteiger partial charge in [0, 0.05) is 15.2 Å². The first-order valence-corrected chi connectivity index (χ1v) is 11.0. The summed E-state index contributed by atoms with van der Waals surface area (Å²) in [6.07, 6.45) is 5.63. The number of rotatable bonds is 11. The molecule has 138 valence electrons. The number of para-hydroxylation sites is 1. The Bertz CT molecular complexity index is 640. The normalized spacial score (nSPS) is 13.6. The van der Waals surface area contributed by atoms with E-state index in [0.717, 1.165) is 25.2 Å². The van der Waals surface area contributed by atoms with Crippen LogP contribution in [0.2, 0.25) is 0 Å². The van der Waals surface area contributed by atoms with Gasteiger partial charge in [-0.25, -0.2) is 0 Å². The van der Waals surface area contributed by atoms with Gasteiger partial charge in [-0.3, -0.25) is 0 Å². The number of hydrogen-bond donors (Lipinski definition) is 1. The van der Waals surface area contributed by atoms with Crippen molar-refractivity contribution in [3.63, 3.8) is 0 Å². The second-order valence-corrected chi connectivity index (χ2v) is 9.51. The molecule has 2 nitrogen and oxygen atoms in total. The van der Waals surface area contributed by atoms with Crippen LogP contribution in [0.4, 0.5) is 0 Å². The summed E-state index contributed by atoms with van der Waals surface area (Å²) in [6.45, 7) is 8.10. The molecule has 1 aromatic heterocycles. The maximum Gasteiger partial charge on any atom is 0.123 e. The number of benzene rings is 1. The fourth-order valence-corrected chi connectivity index (χ4v) is 5.77. The van der Waals surface area contributed by atoms with Crippen molar-refractivity contribution in [1.82, 2.24) is 0 Å². The molecule has 0 aliphatic carbocycles. The minimum absolute atomic E-state index is 0.0774. The summed E-state index contributed by atoms with van der Waals surface area (Å²) >= 11 is 3.85. The van der Waals surface area contributed by atoms with Crippen molar-refractivity contribution in [3.8, 4) is 5.75 Å². The minimum Gasteiger partial charge on any atom is -0.493 e. The number of thiophene rings is 1. The van der Waals surface area contributed by atoms with E-state index in [9.17, 15) is 0 Å². The summed E-state index contributed by atoms with van der Waals surface area (Å²) in [5.74, 6) is 0.996. The summed E-state index contributed by atoms with van der Waals surface area (Å²) in [5, 5.41) is 0. The molecule has 4 heteroatoms. The van der Waals surface area contributed by atoms with Gasteiger partial charge in [-0.05, 0) is 57.4 Å². The van der Waals surface area contributed by atoms with Crippen LogP contribution in [0.1, 0.15) is 56.9 Å². The maximum atomic E-state index is 6.02. The second kappa shape index (κ2) is 10.2. The van der Waals surface area contributed by atoms with E-state index in [2.05, 4.69) is 57.2 Å². The highest BCUT2D eigenvalue weighted by Crippen LogP contribution is 2.48. The highest BCUT2D eigenvalue weighted by atomic mass is 32.2. The topological polar surface area (TPSA) is 35.2 Å². The standard InChI is InChI=1S/C21H31NOS2/c1-4-6-9-17-12-13-20(24-17)25-21(3,14-15-22)18-10-7-8-11-19(18)23-16-5-2/h7-8,10-13H,4-6,9,14-16,22H2,1-3H3. The molecule has 2 aromatic rings. The lowest BCUT2D eigenvalue weighted by Gasteiger charge is -2.30. The van der Waals surface area contributed by atoms with E-state index < -0.39 is 0 Å². The van der Waals surface area contributed by atoms with Gasteiger partial charge in [0.15, 0.2) is 0 Å². The third-order valence-corrected chi connectivity index (χ3v) is 6.93. The van der Waals surface area contributed by atoms with Crippen LogP contribution in [0.25, 0.3) is 0 Å². The minimum atomic E-state index is -0.0774. The molecule has 25 heavy (non-hydrogen) atoms. The predicted octanol–water partition coefficient (Wildman–Crippen LogP) is 6.24. The van der Waals surface area contributed by atoms with Crippen LogP contribution in [0, 0.1) is 0 Å². The van der Waals surface area contributed by atoms with E-state index in [1.807, 2.05) is 23.1 Å². The molecule has 1 heterocycles. The molecular weight excluding hydrogens is 346 g/mol. The SMILES string of the molecule is CCCCc1ccc(SC(C)(CCN)c2ccccc2OCCC)s1. The van der Waals surface area contributed by atoms with E-state index in [4.69, 9.17) is 10.5 Å². The Balaban J connectivity index is 2.24. The van der Waals surface area contributed by atoms with Gasteiger partial charge in [0.2, 0.25) is 0 Å². The molecule has 0 aliphatic heterocycles. The monoisotopic (exact) mass is 377 g/mol. The van der Waals surface area contributed by atoms with Gasteiger partial charge >= 0.3 is 0 Å². The lowest BCUT2D eigenvalue weighted by molar-refractivity contribution is 0.311. The highest BCUT2D eigenvalue weighted by Gasteiger charge is 2.31. The Morgan fingerprint density at radius 1 is 1.12 bits per heavy atom. The van der Waals surface area contributed by atoms with E-state index in [1.165, 1.54) is 33.9 Å². The van der Waals surface area contributed by atoms with E-state index in [1.54, 1.807) is 0 Å².